The molecule has 0 aliphatic carbocycles. The van der Waals surface area contributed by atoms with E-state index in [0.29, 0.717) is 0 Å². The van der Waals surface area contributed by atoms with E-state index in [4.69, 9.17) is 35.0 Å². The van der Waals surface area contributed by atoms with Crippen LogP contribution >= 0.6 is 0 Å². The van der Waals surface area contributed by atoms with Crippen molar-refractivity contribution in [3.63, 3.8) is 0 Å². The Hall–Kier alpha value is 0.179. The molecule has 4 fully saturated rings. The minimum absolute atomic E-state index is 0. The fourth-order valence-corrected chi connectivity index (χ4v) is 1.46. The Bertz CT molecular complexity index is 440. The van der Waals surface area contributed by atoms with Crippen molar-refractivity contribution in [2.75, 3.05) is 52.4 Å². The fourth-order valence-electron chi connectivity index (χ4n) is 1.46. The van der Waals surface area contributed by atoms with Crippen LogP contribution in [0.25, 0.3) is 0 Å². The van der Waals surface area contributed by atoms with E-state index in [-0.39, 0.29) is 17.1 Å². The molecule has 0 atom stereocenters. The molecule has 4 saturated heterocycles. The van der Waals surface area contributed by atoms with Gasteiger partial charge in [-0.2, -0.15) is 0 Å². The van der Waals surface area contributed by atoms with Crippen LogP contribution in [0.3, 0.4) is 0 Å². The van der Waals surface area contributed by atoms with Crippen molar-refractivity contribution in [3.05, 3.63) is 0 Å². The quantitative estimate of drug-likeness (QED) is 0.139. The number of hydrogen-bond donors (Lipinski definition) is 0. The molecule has 0 radical (unpaired) electrons. The van der Waals surface area contributed by atoms with Gasteiger partial charge in [0.25, 0.3) is 0 Å². The van der Waals surface area contributed by atoms with E-state index in [9.17, 15) is 0 Å². The van der Waals surface area contributed by atoms with Crippen LogP contribution in [0, 0.1) is 0 Å². The molecule has 0 unspecified atom stereocenters. The molecule has 126 valence electrons. The molecule has 21 heavy (non-hydrogen) atoms. The zero-order chi connectivity index (χ0) is 15.7. The molecule has 0 aromatic heterocycles. The molecule has 0 bridgehead atoms. The van der Waals surface area contributed by atoms with Gasteiger partial charge >= 0.3 is 17.1 Å². The maximum atomic E-state index is 8.52. The Morgan fingerprint density at radius 3 is 0.619 bits per heavy atom. The van der Waals surface area contributed by atoms with Crippen LogP contribution in [-0.4, -0.2) is 96.4 Å². The SMILES string of the molecule is C1C[N+]12CC2.C1C[N+]12CC2.O=S(=O)([O-])[O-].O=S(=O)([O-])[O-].[Fe+2]. The first-order valence-corrected chi connectivity index (χ1v) is 8.53. The normalized spacial score (nSPS) is 23.8. The van der Waals surface area contributed by atoms with Crippen molar-refractivity contribution >= 4 is 20.8 Å². The Kier molecular flexibility index (Phi) is 7.23. The standard InChI is InChI=1S/2C4H8N.Fe.2H2O4S/c2*1-2-5(1)3-4-5;;2*1-5(2,3)4/h2*1-4H2;;2*(H2,1,2,3,4)/q2*+1;+2;;/p-4. The first-order chi connectivity index (χ1) is 8.83. The van der Waals surface area contributed by atoms with Crippen molar-refractivity contribution in [2.45, 2.75) is 0 Å². The summed E-state index contributed by atoms with van der Waals surface area (Å²) >= 11 is 0. The summed E-state index contributed by atoms with van der Waals surface area (Å²) in [5, 5.41) is 0. The topological polar surface area (TPSA) is 161 Å². The molecule has 0 N–H and O–H groups in total. The molecule has 0 aromatic carbocycles. The van der Waals surface area contributed by atoms with Crippen LogP contribution < -0.4 is 0 Å². The van der Waals surface area contributed by atoms with Crippen LogP contribution in [0.2, 0.25) is 0 Å². The van der Waals surface area contributed by atoms with Crippen molar-refractivity contribution in [1.82, 2.24) is 0 Å². The molecule has 4 heterocycles. The van der Waals surface area contributed by atoms with Gasteiger partial charge in [-0.3, -0.25) is 16.8 Å². The average Bonchev–Trinajstić information content (AvgIpc) is 3.09. The molecule has 0 saturated carbocycles. The maximum absolute atomic E-state index is 8.52. The van der Waals surface area contributed by atoms with Gasteiger partial charge in [-0.1, -0.05) is 0 Å². The summed E-state index contributed by atoms with van der Waals surface area (Å²) < 4.78 is 71.2. The summed E-state index contributed by atoms with van der Waals surface area (Å²) in [4.78, 5) is 0. The van der Waals surface area contributed by atoms with E-state index < -0.39 is 20.8 Å². The molecule has 4 aliphatic rings. The summed E-state index contributed by atoms with van der Waals surface area (Å²) in [5.74, 6) is 0. The van der Waals surface area contributed by atoms with Gasteiger partial charge < -0.3 is 27.2 Å². The van der Waals surface area contributed by atoms with Gasteiger partial charge in [0.2, 0.25) is 0 Å². The number of rotatable bonds is 0. The van der Waals surface area contributed by atoms with Gasteiger partial charge in [0.1, 0.15) is 52.4 Å². The third-order valence-electron chi connectivity index (χ3n) is 3.42. The van der Waals surface area contributed by atoms with E-state index in [1.165, 1.54) is 61.3 Å². The predicted molar refractivity (Wildman–Crippen MR) is 60.4 cm³/mol. The van der Waals surface area contributed by atoms with Crippen molar-refractivity contribution in [1.29, 1.82) is 0 Å². The van der Waals surface area contributed by atoms with Gasteiger partial charge in [0, 0.05) is 20.8 Å². The zero-order valence-electron chi connectivity index (χ0n) is 11.0. The predicted octanol–water partition coefficient (Wildman–Crippen LogP) is -3.02. The third-order valence-corrected chi connectivity index (χ3v) is 3.42. The molecule has 0 aromatic rings. The van der Waals surface area contributed by atoms with Gasteiger partial charge in [0.15, 0.2) is 0 Å². The van der Waals surface area contributed by atoms with Gasteiger partial charge in [-0.05, 0) is 0 Å². The van der Waals surface area contributed by atoms with Gasteiger partial charge in [-0.15, -0.1) is 0 Å². The molecule has 4 rings (SSSR count). The largest absolute Gasteiger partial charge is 2.00 e. The fraction of sp³-hybridized carbons (Fsp3) is 1.00. The molecule has 13 heteroatoms. The van der Waals surface area contributed by atoms with Crippen LogP contribution in [0.1, 0.15) is 0 Å². The van der Waals surface area contributed by atoms with E-state index in [1.54, 1.807) is 0 Å². The minimum atomic E-state index is -5.17. The average molecular weight is 388 g/mol. The minimum Gasteiger partial charge on any atom is -0.759 e. The van der Waals surface area contributed by atoms with E-state index in [0.717, 1.165) is 0 Å². The Morgan fingerprint density at radius 1 is 0.524 bits per heavy atom. The van der Waals surface area contributed by atoms with Crippen LogP contribution in [0.15, 0.2) is 0 Å². The molecule has 10 nitrogen and oxygen atoms in total. The van der Waals surface area contributed by atoms with Crippen molar-refractivity contribution < 1.29 is 61.1 Å². The van der Waals surface area contributed by atoms with Crippen molar-refractivity contribution in [2.24, 2.45) is 0 Å². The number of quaternary nitrogens is 2. The Morgan fingerprint density at radius 2 is 0.619 bits per heavy atom. The molecule has 2 spiro atoms. The third kappa shape index (κ3) is 16.4. The maximum Gasteiger partial charge on any atom is 2.00 e. The van der Waals surface area contributed by atoms with E-state index >= 15 is 0 Å². The summed E-state index contributed by atoms with van der Waals surface area (Å²) in [6.07, 6.45) is 0. The second-order valence-electron chi connectivity index (χ2n) is 5.29. The monoisotopic (exact) mass is 388 g/mol. The van der Waals surface area contributed by atoms with Crippen LogP contribution in [0.4, 0.5) is 0 Å². The second-order valence-corrected chi connectivity index (χ2v) is 6.92. The van der Waals surface area contributed by atoms with Gasteiger partial charge in [0.05, 0.1) is 0 Å². The zero-order valence-corrected chi connectivity index (χ0v) is 13.7. The Labute approximate surface area is 134 Å². The second kappa shape index (κ2) is 7.17. The van der Waals surface area contributed by atoms with Crippen LogP contribution in [0.5, 0.6) is 0 Å². The summed E-state index contributed by atoms with van der Waals surface area (Å²) in [6.45, 7) is 12.0. The molecular formula is C8H16FeN2O8S2. The van der Waals surface area contributed by atoms with Crippen LogP contribution in [-0.2, 0) is 37.9 Å². The Balaban J connectivity index is 0.000000250. The number of hydrogen-bond acceptors (Lipinski definition) is 8. The first kappa shape index (κ1) is 21.2. The summed E-state index contributed by atoms with van der Waals surface area (Å²) in [6, 6.07) is 0. The summed E-state index contributed by atoms with van der Waals surface area (Å²) in [7, 11) is -10.3. The van der Waals surface area contributed by atoms with E-state index in [2.05, 4.69) is 0 Å². The van der Waals surface area contributed by atoms with Crippen molar-refractivity contribution in [3.8, 4) is 0 Å². The summed E-state index contributed by atoms with van der Waals surface area (Å²) in [5.41, 5.74) is 0. The number of nitrogens with zero attached hydrogens (tertiary/aromatic N) is 2. The van der Waals surface area contributed by atoms with Gasteiger partial charge in [-0.25, -0.2) is 0 Å². The molecular weight excluding hydrogens is 372 g/mol. The molecule has 0 amide bonds. The smallest absolute Gasteiger partial charge is 0.759 e. The van der Waals surface area contributed by atoms with E-state index in [1.807, 2.05) is 0 Å². The molecule has 4 aliphatic heterocycles. The first-order valence-electron chi connectivity index (χ1n) is 5.86.